The first-order valence-electron chi connectivity index (χ1n) is 12.0. The third kappa shape index (κ3) is 4.94. The number of carbonyl (C=O) groups excluding carboxylic acids is 2. The van der Waals surface area contributed by atoms with Crippen molar-refractivity contribution >= 4 is 35.1 Å². The van der Waals surface area contributed by atoms with Gasteiger partial charge in [0.05, 0.1) is 0 Å². The predicted molar refractivity (Wildman–Crippen MR) is 138 cm³/mol. The summed E-state index contributed by atoms with van der Waals surface area (Å²) in [7, 11) is 0. The van der Waals surface area contributed by atoms with E-state index in [2.05, 4.69) is 35.9 Å². The molecule has 0 radical (unpaired) electrons. The monoisotopic (exact) mass is 492 g/mol. The van der Waals surface area contributed by atoms with Crippen LogP contribution in [0.15, 0.2) is 85.2 Å². The molecule has 1 saturated carbocycles. The second kappa shape index (κ2) is 9.65. The van der Waals surface area contributed by atoms with Crippen LogP contribution in [0, 0.1) is 11.8 Å². The van der Waals surface area contributed by atoms with Gasteiger partial charge < -0.3 is 20.9 Å². The lowest BCUT2D eigenvalue weighted by molar-refractivity contribution is 0.0763. The van der Waals surface area contributed by atoms with Crippen molar-refractivity contribution in [2.75, 3.05) is 23.7 Å². The highest BCUT2D eigenvalue weighted by molar-refractivity contribution is 5.94. The number of carbonyl (C=O) groups is 2. The van der Waals surface area contributed by atoms with Crippen molar-refractivity contribution in [2.45, 2.75) is 6.04 Å². The number of amides is 2. The number of likely N-dealkylation sites (tertiary alicyclic amines) is 1. The molecule has 1 aliphatic carbocycles. The average Bonchev–Trinajstić information content (AvgIpc) is 3.36. The van der Waals surface area contributed by atoms with Crippen LogP contribution < -0.4 is 16.0 Å². The Morgan fingerprint density at radius 1 is 0.703 bits per heavy atom. The molecule has 2 unspecified atom stereocenters. The van der Waals surface area contributed by atoms with E-state index < -0.39 is 0 Å². The van der Waals surface area contributed by atoms with Crippen LogP contribution in [0.25, 0.3) is 0 Å². The number of hydrogen-bond donors (Lipinski definition) is 3. The second-order valence-corrected chi connectivity index (χ2v) is 9.05. The van der Waals surface area contributed by atoms with Gasteiger partial charge >= 0.3 is 0 Å². The van der Waals surface area contributed by atoms with E-state index in [1.165, 1.54) is 0 Å². The molecule has 0 spiro atoms. The average molecular weight is 493 g/mol. The highest BCUT2D eigenvalue weighted by Gasteiger charge is 2.57. The molecule has 2 aliphatic rings. The van der Waals surface area contributed by atoms with Crippen LogP contribution >= 0.6 is 0 Å². The number of piperidine rings is 1. The summed E-state index contributed by atoms with van der Waals surface area (Å²) in [5.74, 6) is 0.794. The van der Waals surface area contributed by atoms with Gasteiger partial charge in [-0.1, -0.05) is 36.4 Å². The summed E-state index contributed by atoms with van der Waals surface area (Å²) < 4.78 is 0. The van der Waals surface area contributed by atoms with Crippen molar-refractivity contribution in [1.82, 2.24) is 30.2 Å². The van der Waals surface area contributed by atoms with Crippen LogP contribution in [0.4, 0.5) is 23.3 Å². The summed E-state index contributed by atoms with van der Waals surface area (Å²) >= 11 is 0. The van der Waals surface area contributed by atoms with E-state index >= 15 is 0 Å². The minimum atomic E-state index is -0.247. The van der Waals surface area contributed by atoms with Crippen LogP contribution in [0.5, 0.6) is 0 Å². The molecule has 2 aromatic heterocycles. The third-order valence-corrected chi connectivity index (χ3v) is 6.60. The Bertz CT molecular complexity index is 1420. The molecule has 2 amide bonds. The van der Waals surface area contributed by atoms with Crippen LogP contribution in [0.1, 0.15) is 21.0 Å². The van der Waals surface area contributed by atoms with Crippen molar-refractivity contribution in [3.8, 4) is 0 Å². The molecule has 4 aromatic rings. The highest BCUT2D eigenvalue weighted by Crippen LogP contribution is 2.45. The molecule has 3 N–H and O–H groups in total. The van der Waals surface area contributed by atoms with E-state index in [9.17, 15) is 9.59 Å². The molecule has 2 aromatic carbocycles. The lowest BCUT2D eigenvalue weighted by Gasteiger charge is -2.20. The zero-order valence-electron chi connectivity index (χ0n) is 19.8. The number of anilines is 4. The van der Waals surface area contributed by atoms with Crippen molar-refractivity contribution in [3.05, 3.63) is 96.6 Å². The minimum absolute atomic E-state index is 0.0257. The molecule has 3 heterocycles. The van der Waals surface area contributed by atoms with Gasteiger partial charge in [0.25, 0.3) is 11.8 Å². The maximum absolute atomic E-state index is 13.1. The number of para-hydroxylation sites is 2. The first kappa shape index (κ1) is 22.6. The Kier molecular flexibility index (Phi) is 5.89. The van der Waals surface area contributed by atoms with Crippen molar-refractivity contribution in [3.63, 3.8) is 0 Å². The Balaban J connectivity index is 1.04. The first-order valence-corrected chi connectivity index (χ1v) is 12.0. The molecular formula is C27H24N8O2. The smallest absolute Gasteiger partial charge is 0.272 e. The Morgan fingerprint density at radius 2 is 1.22 bits per heavy atom. The quantitative estimate of drug-likeness (QED) is 0.359. The molecule has 6 rings (SSSR count). The minimum Gasteiger partial charge on any atom is -0.347 e. The zero-order valence-corrected chi connectivity index (χ0v) is 19.8. The van der Waals surface area contributed by atoms with E-state index in [1.807, 2.05) is 60.7 Å². The first-order chi connectivity index (χ1) is 18.1. The third-order valence-electron chi connectivity index (χ3n) is 6.60. The molecule has 37 heavy (non-hydrogen) atoms. The van der Waals surface area contributed by atoms with Gasteiger partial charge in [-0.2, -0.15) is 0 Å². The molecule has 184 valence electrons. The molecule has 10 nitrogen and oxygen atoms in total. The maximum Gasteiger partial charge on any atom is 0.272 e. The second-order valence-electron chi connectivity index (χ2n) is 9.05. The number of benzene rings is 2. The van der Waals surface area contributed by atoms with Crippen LogP contribution in [0.3, 0.4) is 0 Å². The Labute approximate surface area is 213 Å². The molecule has 1 saturated heterocycles. The number of rotatable bonds is 7. The maximum atomic E-state index is 13.1. The Morgan fingerprint density at radius 3 is 1.78 bits per heavy atom. The summed E-state index contributed by atoms with van der Waals surface area (Å²) in [4.78, 5) is 44.8. The summed E-state index contributed by atoms with van der Waals surface area (Å²) in [6, 6.07) is 22.3. The van der Waals surface area contributed by atoms with Gasteiger partial charge in [0, 0.05) is 54.7 Å². The van der Waals surface area contributed by atoms with Crippen molar-refractivity contribution in [2.24, 2.45) is 11.8 Å². The highest BCUT2D eigenvalue weighted by atomic mass is 16.2. The number of aromatic nitrogens is 4. The molecule has 1 aliphatic heterocycles. The van der Waals surface area contributed by atoms with Gasteiger partial charge in [-0.25, -0.2) is 19.9 Å². The van der Waals surface area contributed by atoms with Crippen LogP contribution in [-0.4, -0.2) is 55.8 Å². The molecular weight excluding hydrogens is 468 g/mol. The van der Waals surface area contributed by atoms with E-state index in [0.717, 1.165) is 11.4 Å². The van der Waals surface area contributed by atoms with Crippen molar-refractivity contribution in [1.29, 1.82) is 0 Å². The van der Waals surface area contributed by atoms with Crippen molar-refractivity contribution < 1.29 is 9.59 Å². The fraction of sp³-hybridized carbons (Fsp3) is 0.185. The lowest BCUT2D eigenvalue weighted by atomic mass is 10.3. The normalized spacial score (nSPS) is 19.6. The predicted octanol–water partition coefficient (Wildman–Crippen LogP) is 3.25. The van der Waals surface area contributed by atoms with Crippen LogP contribution in [0.2, 0.25) is 0 Å². The summed E-state index contributed by atoms with van der Waals surface area (Å²) in [6.45, 7) is 1.15. The van der Waals surface area contributed by atoms with E-state index in [4.69, 9.17) is 0 Å². The standard InChI is InChI=1S/C27H24N8O2/c36-24(21-11-13-28-26(32-21)30-17-7-3-1-4-8-17)34-23-19-15-35(16-20(19)23)25(37)22-12-14-29-27(33-22)31-18-9-5-2-6-10-18/h1-14,19-20,23H,15-16H2,(H,34,36)(H,28,30,32)(H,29,31,33)/t19-,20?,23?/m0/s1. The number of hydrogen-bond acceptors (Lipinski definition) is 8. The summed E-state index contributed by atoms with van der Waals surface area (Å²) in [5.41, 5.74) is 2.33. The SMILES string of the molecule is O=C(NC1C2CN(C(=O)c3ccnc(Nc4ccccc4)n3)C[C@@H]21)c1ccnc(Nc2ccccc2)n1. The Hall–Kier alpha value is -4.86. The topological polar surface area (TPSA) is 125 Å². The van der Waals surface area contributed by atoms with Gasteiger partial charge in [-0.15, -0.1) is 0 Å². The molecule has 10 heteroatoms. The summed E-state index contributed by atoms with van der Waals surface area (Å²) in [6.07, 6.45) is 3.14. The fourth-order valence-corrected chi connectivity index (χ4v) is 4.68. The van der Waals surface area contributed by atoms with Crippen LogP contribution in [-0.2, 0) is 0 Å². The van der Waals surface area contributed by atoms with E-state index in [1.54, 1.807) is 29.4 Å². The molecule has 0 bridgehead atoms. The van der Waals surface area contributed by atoms with E-state index in [0.29, 0.717) is 36.4 Å². The van der Waals surface area contributed by atoms with Gasteiger partial charge in [0.1, 0.15) is 11.4 Å². The number of fused-ring (bicyclic) bond motifs is 1. The van der Waals surface area contributed by atoms with Gasteiger partial charge in [-0.3, -0.25) is 9.59 Å². The van der Waals surface area contributed by atoms with Gasteiger partial charge in [0.2, 0.25) is 11.9 Å². The van der Waals surface area contributed by atoms with E-state index in [-0.39, 0.29) is 29.7 Å². The molecule has 2 fully saturated rings. The summed E-state index contributed by atoms with van der Waals surface area (Å²) in [5, 5.41) is 9.28. The zero-order chi connectivity index (χ0) is 25.2. The molecule has 3 atom stereocenters. The number of nitrogens with zero attached hydrogens (tertiary/aromatic N) is 5. The lowest BCUT2D eigenvalue weighted by Crippen LogP contribution is -2.38. The fourth-order valence-electron chi connectivity index (χ4n) is 4.68. The number of nitrogens with one attached hydrogen (secondary N) is 3. The van der Waals surface area contributed by atoms with Gasteiger partial charge in [0.15, 0.2) is 0 Å². The van der Waals surface area contributed by atoms with Gasteiger partial charge in [-0.05, 0) is 36.4 Å². The largest absolute Gasteiger partial charge is 0.347 e.